The summed E-state index contributed by atoms with van der Waals surface area (Å²) in [6, 6.07) is 7.94. The van der Waals surface area contributed by atoms with E-state index in [1.54, 1.807) is 11.0 Å². The van der Waals surface area contributed by atoms with E-state index < -0.39 is 6.10 Å². The highest BCUT2D eigenvalue weighted by atomic mass is 35.5. The Morgan fingerprint density at radius 1 is 1.37 bits per heavy atom. The van der Waals surface area contributed by atoms with Gasteiger partial charge in [0.1, 0.15) is 12.2 Å². The average molecular weight is 390 g/mol. The first kappa shape index (κ1) is 20.0. The van der Waals surface area contributed by atoms with E-state index >= 15 is 0 Å². The van der Waals surface area contributed by atoms with Gasteiger partial charge in [0.05, 0.1) is 10.6 Å². The number of aliphatic hydroxyl groups excluding tert-OH is 1. The lowest BCUT2D eigenvalue weighted by Crippen LogP contribution is -2.43. The SMILES string of the molecule is C[C@@H](O)C(=O)N1CC[C@H](N(CC2CCCCC2)c2ccc(C#N)c(Cl)c2)C1. The van der Waals surface area contributed by atoms with Crippen LogP contribution in [0, 0.1) is 17.2 Å². The van der Waals surface area contributed by atoms with E-state index in [-0.39, 0.29) is 11.9 Å². The molecule has 1 N–H and O–H groups in total. The molecular weight excluding hydrogens is 362 g/mol. The maximum absolute atomic E-state index is 12.2. The zero-order chi connectivity index (χ0) is 19.4. The Morgan fingerprint density at radius 2 is 2.11 bits per heavy atom. The number of nitrogens with zero attached hydrogens (tertiary/aromatic N) is 3. The van der Waals surface area contributed by atoms with Crippen molar-refractivity contribution in [2.24, 2.45) is 5.92 Å². The number of likely N-dealkylation sites (tertiary alicyclic amines) is 1. The second-order valence-corrected chi connectivity index (χ2v) is 8.24. The third-order valence-electron chi connectivity index (χ3n) is 5.86. The molecule has 146 valence electrons. The fourth-order valence-corrected chi connectivity index (χ4v) is 4.56. The van der Waals surface area contributed by atoms with Crippen LogP contribution in [0.3, 0.4) is 0 Å². The number of nitriles is 1. The van der Waals surface area contributed by atoms with Crippen molar-refractivity contribution in [1.82, 2.24) is 4.90 Å². The molecule has 27 heavy (non-hydrogen) atoms. The van der Waals surface area contributed by atoms with Crippen LogP contribution in [0.2, 0.25) is 5.02 Å². The summed E-state index contributed by atoms with van der Waals surface area (Å²) in [5, 5.41) is 19.2. The van der Waals surface area contributed by atoms with Crippen molar-refractivity contribution >= 4 is 23.2 Å². The summed E-state index contributed by atoms with van der Waals surface area (Å²) in [6.45, 7) is 3.76. The van der Waals surface area contributed by atoms with Crippen LogP contribution >= 0.6 is 11.6 Å². The van der Waals surface area contributed by atoms with Gasteiger partial charge in [-0.25, -0.2) is 0 Å². The van der Waals surface area contributed by atoms with E-state index in [9.17, 15) is 9.90 Å². The number of hydrogen-bond donors (Lipinski definition) is 1. The second kappa shape index (κ2) is 8.95. The van der Waals surface area contributed by atoms with E-state index in [4.69, 9.17) is 16.9 Å². The Balaban J connectivity index is 1.81. The predicted molar refractivity (Wildman–Crippen MR) is 107 cm³/mol. The Morgan fingerprint density at radius 3 is 2.74 bits per heavy atom. The quantitative estimate of drug-likeness (QED) is 0.835. The van der Waals surface area contributed by atoms with Crippen molar-refractivity contribution < 1.29 is 9.90 Å². The Bertz CT molecular complexity index is 710. The molecule has 1 aliphatic carbocycles. The van der Waals surface area contributed by atoms with Gasteiger partial charge in [-0.2, -0.15) is 5.26 Å². The molecule has 1 aromatic rings. The molecule has 1 saturated carbocycles. The molecular formula is C21H28ClN3O2. The third-order valence-corrected chi connectivity index (χ3v) is 6.17. The van der Waals surface area contributed by atoms with Crippen molar-refractivity contribution in [3.63, 3.8) is 0 Å². The number of amides is 1. The molecule has 0 aromatic heterocycles. The summed E-state index contributed by atoms with van der Waals surface area (Å²) in [5.74, 6) is 0.447. The number of rotatable bonds is 5. The highest BCUT2D eigenvalue weighted by Crippen LogP contribution is 2.32. The Kier molecular flexibility index (Phi) is 6.62. The average Bonchev–Trinajstić information content (AvgIpc) is 3.16. The van der Waals surface area contributed by atoms with Crippen LogP contribution in [-0.2, 0) is 4.79 Å². The van der Waals surface area contributed by atoms with Gasteiger partial charge in [-0.15, -0.1) is 0 Å². The summed E-state index contributed by atoms with van der Waals surface area (Å²) >= 11 is 6.30. The minimum Gasteiger partial charge on any atom is -0.384 e. The van der Waals surface area contributed by atoms with Gasteiger partial charge in [0.2, 0.25) is 0 Å². The largest absolute Gasteiger partial charge is 0.384 e. The molecule has 5 nitrogen and oxygen atoms in total. The minimum atomic E-state index is -0.958. The first-order valence-corrected chi connectivity index (χ1v) is 10.3. The van der Waals surface area contributed by atoms with Crippen molar-refractivity contribution in [2.45, 2.75) is 57.6 Å². The van der Waals surface area contributed by atoms with Crippen LogP contribution in [0.15, 0.2) is 18.2 Å². The van der Waals surface area contributed by atoms with E-state index in [2.05, 4.69) is 11.0 Å². The van der Waals surface area contributed by atoms with E-state index in [0.29, 0.717) is 29.6 Å². The summed E-state index contributed by atoms with van der Waals surface area (Å²) in [6.07, 6.45) is 6.28. The van der Waals surface area contributed by atoms with Crippen LogP contribution in [0.4, 0.5) is 5.69 Å². The van der Waals surface area contributed by atoms with E-state index in [0.717, 1.165) is 18.7 Å². The molecule has 1 saturated heterocycles. The van der Waals surface area contributed by atoms with Gasteiger partial charge >= 0.3 is 0 Å². The molecule has 1 aliphatic heterocycles. The molecule has 0 bridgehead atoms. The van der Waals surface area contributed by atoms with Crippen molar-refractivity contribution in [3.05, 3.63) is 28.8 Å². The standard InChI is InChI=1S/C21H28ClN3O2/c1-15(26)21(27)24-10-9-19(14-24)25(13-16-5-3-2-4-6-16)18-8-7-17(12-23)20(22)11-18/h7-8,11,15-16,19,26H,2-6,9-10,13-14H2,1H3/t15-,19+/m1/s1. The lowest BCUT2D eigenvalue weighted by molar-refractivity contribution is -0.138. The maximum atomic E-state index is 12.2. The lowest BCUT2D eigenvalue weighted by atomic mass is 9.88. The van der Waals surface area contributed by atoms with Gasteiger partial charge < -0.3 is 14.9 Å². The van der Waals surface area contributed by atoms with Gasteiger partial charge in [0.15, 0.2) is 0 Å². The molecule has 2 aliphatic rings. The zero-order valence-corrected chi connectivity index (χ0v) is 16.7. The van der Waals surface area contributed by atoms with Crippen molar-refractivity contribution in [1.29, 1.82) is 5.26 Å². The topological polar surface area (TPSA) is 67.6 Å². The number of halogens is 1. The number of carbonyl (C=O) groups is 1. The number of hydrogen-bond acceptors (Lipinski definition) is 4. The van der Waals surface area contributed by atoms with Gasteiger partial charge in [0.25, 0.3) is 5.91 Å². The molecule has 6 heteroatoms. The highest BCUT2D eigenvalue weighted by molar-refractivity contribution is 6.32. The van der Waals surface area contributed by atoms with Gasteiger partial charge in [-0.05, 0) is 50.3 Å². The normalized spacial score (nSPS) is 21.7. The van der Waals surface area contributed by atoms with Crippen LogP contribution < -0.4 is 4.90 Å². The molecule has 1 amide bonds. The first-order chi connectivity index (χ1) is 13.0. The second-order valence-electron chi connectivity index (χ2n) is 7.84. The number of carbonyl (C=O) groups excluding carboxylic acids is 1. The van der Waals surface area contributed by atoms with Crippen LogP contribution in [0.1, 0.15) is 51.0 Å². The monoisotopic (exact) mass is 389 g/mol. The number of aliphatic hydroxyl groups is 1. The van der Waals surface area contributed by atoms with Crippen LogP contribution in [0.25, 0.3) is 0 Å². The number of anilines is 1. The molecule has 0 unspecified atom stereocenters. The van der Waals surface area contributed by atoms with Crippen molar-refractivity contribution in [3.8, 4) is 6.07 Å². The lowest BCUT2D eigenvalue weighted by Gasteiger charge is -2.36. The fourth-order valence-electron chi connectivity index (χ4n) is 4.35. The van der Waals surface area contributed by atoms with Crippen LogP contribution in [-0.4, -0.2) is 47.7 Å². The molecule has 0 radical (unpaired) electrons. The minimum absolute atomic E-state index is 0.201. The summed E-state index contributed by atoms with van der Waals surface area (Å²) in [5.41, 5.74) is 1.50. The molecule has 3 rings (SSSR count). The molecule has 2 atom stereocenters. The fraction of sp³-hybridized carbons (Fsp3) is 0.619. The zero-order valence-electron chi connectivity index (χ0n) is 15.9. The molecule has 1 aromatic carbocycles. The van der Waals surface area contributed by atoms with Gasteiger partial charge in [-0.3, -0.25) is 4.79 Å². The summed E-state index contributed by atoms with van der Waals surface area (Å²) in [4.78, 5) is 16.3. The third kappa shape index (κ3) is 4.75. The first-order valence-electron chi connectivity index (χ1n) is 9.92. The highest BCUT2D eigenvalue weighted by Gasteiger charge is 2.33. The molecule has 0 spiro atoms. The van der Waals surface area contributed by atoms with Crippen LogP contribution in [0.5, 0.6) is 0 Å². The Hall–Kier alpha value is -1.77. The van der Waals surface area contributed by atoms with E-state index in [1.807, 2.05) is 12.1 Å². The van der Waals surface area contributed by atoms with Gasteiger partial charge in [-0.1, -0.05) is 30.9 Å². The summed E-state index contributed by atoms with van der Waals surface area (Å²) in [7, 11) is 0. The predicted octanol–water partition coefficient (Wildman–Crippen LogP) is 3.58. The molecule has 1 heterocycles. The number of benzene rings is 1. The van der Waals surface area contributed by atoms with E-state index in [1.165, 1.54) is 39.0 Å². The van der Waals surface area contributed by atoms with Gasteiger partial charge in [0, 0.05) is 31.4 Å². The maximum Gasteiger partial charge on any atom is 0.251 e. The Labute approximate surface area is 166 Å². The van der Waals surface area contributed by atoms with Crippen molar-refractivity contribution in [2.75, 3.05) is 24.5 Å². The smallest absolute Gasteiger partial charge is 0.251 e. The summed E-state index contributed by atoms with van der Waals surface area (Å²) < 4.78 is 0. The molecule has 2 fully saturated rings.